The maximum Gasteiger partial charge on any atom is 0.241 e. The summed E-state index contributed by atoms with van der Waals surface area (Å²) in [5, 5.41) is 2.81. The highest BCUT2D eigenvalue weighted by atomic mass is 16.2. The second-order valence-electron chi connectivity index (χ2n) is 4.52. The smallest absolute Gasteiger partial charge is 0.241 e. The van der Waals surface area contributed by atoms with Crippen molar-refractivity contribution in [3.05, 3.63) is 59.9 Å². The summed E-state index contributed by atoms with van der Waals surface area (Å²) in [4.78, 5) is 15.9. The van der Waals surface area contributed by atoms with Crippen LogP contribution in [0.5, 0.6) is 0 Å². The highest BCUT2D eigenvalue weighted by Crippen LogP contribution is 2.09. The minimum atomic E-state index is -0.566. The van der Waals surface area contributed by atoms with Gasteiger partial charge in [-0.25, -0.2) is 0 Å². The molecule has 0 aliphatic rings. The van der Waals surface area contributed by atoms with Crippen LogP contribution in [0.1, 0.15) is 11.1 Å². The van der Waals surface area contributed by atoms with E-state index in [9.17, 15) is 4.79 Å². The van der Waals surface area contributed by atoms with E-state index in [1.807, 2.05) is 43.3 Å². The molecule has 2 rings (SSSR count). The number of aromatic nitrogens is 1. The molecule has 0 bridgehead atoms. The molecule has 1 aromatic carbocycles. The van der Waals surface area contributed by atoms with E-state index in [0.29, 0.717) is 6.42 Å². The number of benzene rings is 1. The van der Waals surface area contributed by atoms with Crippen LogP contribution >= 0.6 is 0 Å². The summed E-state index contributed by atoms with van der Waals surface area (Å²) in [6.45, 7) is 2.00. The van der Waals surface area contributed by atoms with Crippen molar-refractivity contribution in [2.24, 2.45) is 5.73 Å². The van der Waals surface area contributed by atoms with Crippen molar-refractivity contribution >= 4 is 11.6 Å². The number of pyridine rings is 1. The SMILES string of the molecule is Cc1ccc(NC(=O)[C@H](N)Cc2ccncc2)cc1. The highest BCUT2D eigenvalue weighted by Gasteiger charge is 2.14. The number of hydrogen-bond acceptors (Lipinski definition) is 3. The van der Waals surface area contributed by atoms with Gasteiger partial charge in [-0.05, 0) is 43.2 Å². The first-order valence-corrected chi connectivity index (χ1v) is 6.17. The van der Waals surface area contributed by atoms with Crippen LogP contribution < -0.4 is 11.1 Å². The van der Waals surface area contributed by atoms with E-state index in [-0.39, 0.29) is 5.91 Å². The molecule has 0 fully saturated rings. The van der Waals surface area contributed by atoms with Gasteiger partial charge in [0, 0.05) is 18.1 Å². The molecule has 3 N–H and O–H groups in total. The molecule has 1 aromatic heterocycles. The molecule has 0 spiro atoms. The molecule has 98 valence electrons. The van der Waals surface area contributed by atoms with Gasteiger partial charge in [0.05, 0.1) is 6.04 Å². The topological polar surface area (TPSA) is 68.0 Å². The van der Waals surface area contributed by atoms with E-state index in [0.717, 1.165) is 16.8 Å². The van der Waals surface area contributed by atoms with Gasteiger partial charge in [-0.1, -0.05) is 17.7 Å². The third kappa shape index (κ3) is 3.89. The Hall–Kier alpha value is -2.20. The first-order chi connectivity index (χ1) is 9.15. The number of carbonyl (C=O) groups is 1. The number of aryl methyl sites for hydroxylation is 1. The number of hydrogen-bond donors (Lipinski definition) is 2. The van der Waals surface area contributed by atoms with Crippen LogP contribution in [0.2, 0.25) is 0 Å². The lowest BCUT2D eigenvalue weighted by atomic mass is 10.1. The largest absolute Gasteiger partial charge is 0.325 e. The van der Waals surface area contributed by atoms with Gasteiger partial charge in [-0.2, -0.15) is 0 Å². The van der Waals surface area contributed by atoms with Crippen molar-refractivity contribution in [3.8, 4) is 0 Å². The average Bonchev–Trinajstić information content (AvgIpc) is 2.42. The molecule has 0 aliphatic heterocycles. The molecule has 2 aromatic rings. The van der Waals surface area contributed by atoms with Crippen molar-refractivity contribution in [2.45, 2.75) is 19.4 Å². The summed E-state index contributed by atoms with van der Waals surface area (Å²) in [6.07, 6.45) is 3.89. The fourth-order valence-electron chi connectivity index (χ4n) is 1.74. The van der Waals surface area contributed by atoms with Gasteiger partial charge >= 0.3 is 0 Å². The fourth-order valence-corrected chi connectivity index (χ4v) is 1.74. The number of rotatable bonds is 4. The Bertz CT molecular complexity index is 537. The van der Waals surface area contributed by atoms with Gasteiger partial charge in [0.15, 0.2) is 0 Å². The van der Waals surface area contributed by atoms with Crippen molar-refractivity contribution in [1.29, 1.82) is 0 Å². The Morgan fingerprint density at radius 2 is 1.84 bits per heavy atom. The number of anilines is 1. The second-order valence-corrected chi connectivity index (χ2v) is 4.52. The van der Waals surface area contributed by atoms with Crippen LogP contribution in [0.15, 0.2) is 48.8 Å². The molecule has 1 heterocycles. The zero-order valence-electron chi connectivity index (χ0n) is 10.8. The first kappa shape index (κ1) is 13.2. The van der Waals surface area contributed by atoms with Crippen molar-refractivity contribution in [1.82, 2.24) is 4.98 Å². The molecule has 19 heavy (non-hydrogen) atoms. The van der Waals surface area contributed by atoms with E-state index >= 15 is 0 Å². The standard InChI is InChI=1S/C15H17N3O/c1-11-2-4-13(5-3-11)18-15(19)14(16)10-12-6-8-17-9-7-12/h2-9,14H,10,16H2,1H3,(H,18,19)/t14-/m1/s1. The number of nitrogens with two attached hydrogens (primary N) is 1. The molecule has 4 nitrogen and oxygen atoms in total. The minimum Gasteiger partial charge on any atom is -0.325 e. The zero-order chi connectivity index (χ0) is 13.7. The minimum absolute atomic E-state index is 0.180. The normalized spacial score (nSPS) is 11.9. The van der Waals surface area contributed by atoms with Crippen LogP contribution in [0.25, 0.3) is 0 Å². The Balaban J connectivity index is 1.94. The molecule has 4 heteroatoms. The van der Waals surface area contributed by atoms with Gasteiger partial charge in [-0.3, -0.25) is 9.78 Å². The van der Waals surface area contributed by atoms with Crippen LogP contribution in [-0.2, 0) is 11.2 Å². The summed E-state index contributed by atoms with van der Waals surface area (Å²) in [5.74, 6) is -0.180. The maximum absolute atomic E-state index is 11.9. The van der Waals surface area contributed by atoms with Crippen molar-refractivity contribution in [2.75, 3.05) is 5.32 Å². The highest BCUT2D eigenvalue weighted by molar-refractivity contribution is 5.94. The quantitative estimate of drug-likeness (QED) is 0.876. The van der Waals surface area contributed by atoms with Crippen LogP contribution in [0.4, 0.5) is 5.69 Å². The number of carbonyl (C=O) groups excluding carboxylic acids is 1. The summed E-state index contributed by atoms with van der Waals surface area (Å²) >= 11 is 0. The monoisotopic (exact) mass is 255 g/mol. The average molecular weight is 255 g/mol. The van der Waals surface area contributed by atoms with Crippen LogP contribution in [0.3, 0.4) is 0 Å². The lowest BCUT2D eigenvalue weighted by Crippen LogP contribution is -2.37. The molecule has 0 saturated heterocycles. The van der Waals surface area contributed by atoms with Gasteiger partial charge in [0.25, 0.3) is 0 Å². The van der Waals surface area contributed by atoms with Crippen molar-refractivity contribution < 1.29 is 4.79 Å². The Labute approximate surface area is 112 Å². The first-order valence-electron chi connectivity index (χ1n) is 6.17. The fraction of sp³-hybridized carbons (Fsp3) is 0.200. The van der Waals surface area contributed by atoms with Gasteiger partial charge in [-0.15, -0.1) is 0 Å². The summed E-state index contributed by atoms with van der Waals surface area (Å²) in [7, 11) is 0. The number of amides is 1. The Morgan fingerprint density at radius 1 is 1.21 bits per heavy atom. The molecular formula is C15H17N3O. The molecular weight excluding hydrogens is 238 g/mol. The van der Waals surface area contributed by atoms with E-state index in [4.69, 9.17) is 5.73 Å². The zero-order valence-corrected chi connectivity index (χ0v) is 10.8. The molecule has 1 atom stereocenters. The molecule has 0 saturated carbocycles. The van der Waals surface area contributed by atoms with Crippen LogP contribution in [-0.4, -0.2) is 16.9 Å². The van der Waals surface area contributed by atoms with Gasteiger partial charge in [0.1, 0.15) is 0 Å². The van der Waals surface area contributed by atoms with Gasteiger partial charge < -0.3 is 11.1 Å². The molecule has 0 unspecified atom stereocenters. The second kappa shape index (κ2) is 6.11. The number of nitrogens with one attached hydrogen (secondary N) is 1. The molecule has 0 radical (unpaired) electrons. The van der Waals surface area contributed by atoms with Crippen LogP contribution in [0, 0.1) is 6.92 Å². The van der Waals surface area contributed by atoms with E-state index in [1.165, 1.54) is 0 Å². The van der Waals surface area contributed by atoms with E-state index in [1.54, 1.807) is 12.4 Å². The lowest BCUT2D eigenvalue weighted by molar-refractivity contribution is -0.117. The predicted molar refractivity (Wildman–Crippen MR) is 75.7 cm³/mol. The molecule has 0 aliphatic carbocycles. The Morgan fingerprint density at radius 3 is 2.47 bits per heavy atom. The Kier molecular flexibility index (Phi) is 4.26. The summed E-state index contributed by atoms with van der Waals surface area (Å²) in [6, 6.07) is 10.8. The lowest BCUT2D eigenvalue weighted by Gasteiger charge is -2.12. The third-order valence-corrected chi connectivity index (χ3v) is 2.86. The van der Waals surface area contributed by atoms with Gasteiger partial charge in [0.2, 0.25) is 5.91 Å². The van der Waals surface area contributed by atoms with Crippen molar-refractivity contribution in [3.63, 3.8) is 0 Å². The summed E-state index contributed by atoms with van der Waals surface area (Å²) in [5.41, 5.74) is 8.81. The number of nitrogens with zero attached hydrogens (tertiary/aromatic N) is 1. The third-order valence-electron chi connectivity index (χ3n) is 2.86. The van der Waals surface area contributed by atoms with E-state index < -0.39 is 6.04 Å². The predicted octanol–water partition coefficient (Wildman–Crippen LogP) is 1.90. The maximum atomic E-state index is 11.9. The van der Waals surface area contributed by atoms with E-state index in [2.05, 4.69) is 10.3 Å². The molecule has 1 amide bonds. The summed E-state index contributed by atoms with van der Waals surface area (Å²) < 4.78 is 0.